The number of amides is 1. The summed E-state index contributed by atoms with van der Waals surface area (Å²) in [6, 6.07) is 3.80. The van der Waals surface area contributed by atoms with Gasteiger partial charge in [0.2, 0.25) is 5.91 Å². The van der Waals surface area contributed by atoms with Gasteiger partial charge in [-0.15, -0.1) is 22.7 Å². The first kappa shape index (κ1) is 15.8. The molecule has 0 saturated heterocycles. The molecular weight excluding hydrogens is 330 g/mol. The molecule has 2 N–H and O–H groups in total. The molecule has 1 unspecified atom stereocenters. The van der Waals surface area contributed by atoms with Gasteiger partial charge in [-0.2, -0.15) is 5.10 Å². The summed E-state index contributed by atoms with van der Waals surface area (Å²) in [6.45, 7) is 5.62. The number of thiophene rings is 1. The number of carbonyl (C=O) groups excluding carboxylic acids is 1. The van der Waals surface area contributed by atoms with Crippen LogP contribution in [0, 0.1) is 0 Å². The number of rotatable bonds is 5. The summed E-state index contributed by atoms with van der Waals surface area (Å²) in [7, 11) is 0. The lowest BCUT2D eigenvalue weighted by molar-refractivity contribution is -0.126. The number of H-pyrrole nitrogens is 1. The Hall–Kier alpha value is -2.06. The zero-order valence-electron chi connectivity index (χ0n) is 13.0. The van der Waals surface area contributed by atoms with E-state index in [2.05, 4.69) is 25.5 Å². The monoisotopic (exact) mass is 347 g/mol. The normalized spacial score (nSPS) is 13.0. The molecule has 3 aromatic rings. The molecule has 0 aliphatic heterocycles. The molecule has 0 saturated carbocycles. The van der Waals surface area contributed by atoms with Crippen molar-refractivity contribution in [1.82, 2.24) is 25.5 Å². The van der Waals surface area contributed by atoms with E-state index in [1.807, 2.05) is 43.7 Å². The van der Waals surface area contributed by atoms with Gasteiger partial charge in [0.1, 0.15) is 17.2 Å². The summed E-state index contributed by atoms with van der Waals surface area (Å²) in [6.07, 6.45) is 1.43. The van der Waals surface area contributed by atoms with Crippen LogP contribution < -0.4 is 5.32 Å². The van der Waals surface area contributed by atoms with Gasteiger partial charge in [0.25, 0.3) is 0 Å². The Morgan fingerprint density at radius 3 is 2.87 bits per heavy atom. The third kappa shape index (κ3) is 3.18. The highest BCUT2D eigenvalue weighted by Gasteiger charge is 2.33. The Balaban J connectivity index is 1.76. The number of aromatic amines is 1. The average Bonchev–Trinajstić information content (AvgIpc) is 3.25. The lowest BCUT2D eigenvalue weighted by Crippen LogP contribution is -2.41. The maximum atomic E-state index is 12.7. The largest absolute Gasteiger partial charge is 0.346 e. The fourth-order valence-corrected chi connectivity index (χ4v) is 3.86. The number of nitrogens with zero attached hydrogens (tertiary/aromatic N) is 3. The molecule has 1 atom stereocenters. The molecule has 1 amide bonds. The molecule has 6 nitrogen and oxygen atoms in total. The predicted octanol–water partition coefficient (Wildman–Crippen LogP) is 3.14. The van der Waals surface area contributed by atoms with E-state index in [1.54, 1.807) is 22.7 Å². The zero-order chi connectivity index (χ0) is 16.4. The predicted molar refractivity (Wildman–Crippen MR) is 91.4 cm³/mol. The molecule has 23 heavy (non-hydrogen) atoms. The van der Waals surface area contributed by atoms with Crippen molar-refractivity contribution < 1.29 is 4.79 Å². The standard InChI is InChI=1S/C15H17N5OS2/c1-9(12-16-8-17-20-12)18-14(21)15(2,3)11-7-23-13(19-11)10-5-4-6-22-10/h4-9H,1-3H3,(H,18,21)(H,16,17,20). The molecule has 3 rings (SSSR count). The highest BCUT2D eigenvalue weighted by molar-refractivity contribution is 7.20. The van der Waals surface area contributed by atoms with Crippen molar-refractivity contribution in [2.24, 2.45) is 0 Å². The molecule has 8 heteroatoms. The van der Waals surface area contributed by atoms with E-state index in [1.165, 1.54) is 6.33 Å². The first-order valence-corrected chi connectivity index (χ1v) is 8.90. The number of thiazole rings is 1. The zero-order valence-corrected chi connectivity index (χ0v) is 14.7. The summed E-state index contributed by atoms with van der Waals surface area (Å²) in [4.78, 5) is 22.5. The van der Waals surface area contributed by atoms with Crippen molar-refractivity contribution in [2.75, 3.05) is 0 Å². The van der Waals surface area contributed by atoms with Gasteiger partial charge in [-0.3, -0.25) is 9.89 Å². The Labute approximate surface area is 142 Å². The van der Waals surface area contributed by atoms with Gasteiger partial charge in [-0.05, 0) is 32.2 Å². The maximum absolute atomic E-state index is 12.7. The first-order valence-electron chi connectivity index (χ1n) is 7.14. The van der Waals surface area contributed by atoms with Gasteiger partial charge in [-0.25, -0.2) is 9.97 Å². The second-order valence-electron chi connectivity index (χ2n) is 5.71. The van der Waals surface area contributed by atoms with Gasteiger partial charge < -0.3 is 5.32 Å². The molecule has 0 radical (unpaired) electrons. The highest BCUT2D eigenvalue weighted by atomic mass is 32.1. The second-order valence-corrected chi connectivity index (χ2v) is 7.51. The van der Waals surface area contributed by atoms with E-state index in [0.29, 0.717) is 5.82 Å². The molecule has 120 valence electrons. The Morgan fingerprint density at radius 2 is 2.22 bits per heavy atom. The van der Waals surface area contributed by atoms with E-state index in [9.17, 15) is 4.79 Å². The van der Waals surface area contributed by atoms with E-state index < -0.39 is 5.41 Å². The fraction of sp³-hybridized carbons (Fsp3) is 0.333. The van der Waals surface area contributed by atoms with E-state index in [4.69, 9.17) is 0 Å². The van der Waals surface area contributed by atoms with Crippen LogP contribution in [-0.2, 0) is 10.2 Å². The Morgan fingerprint density at radius 1 is 1.39 bits per heavy atom. The molecule has 0 spiro atoms. The third-order valence-corrected chi connectivity index (χ3v) is 5.52. The fourth-order valence-electron chi connectivity index (χ4n) is 2.06. The summed E-state index contributed by atoms with van der Waals surface area (Å²) in [5, 5.41) is 14.5. The lowest BCUT2D eigenvalue weighted by Gasteiger charge is -2.23. The molecule has 0 bridgehead atoms. The number of nitrogens with one attached hydrogen (secondary N) is 2. The molecule has 0 aromatic carbocycles. The minimum absolute atomic E-state index is 0.0931. The summed E-state index contributed by atoms with van der Waals surface area (Å²) >= 11 is 3.20. The van der Waals surface area contributed by atoms with Crippen LogP contribution in [0.3, 0.4) is 0 Å². The maximum Gasteiger partial charge on any atom is 0.232 e. The quantitative estimate of drug-likeness (QED) is 0.743. The number of carbonyl (C=O) groups is 1. The summed E-state index contributed by atoms with van der Waals surface area (Å²) in [5.74, 6) is 0.538. The van der Waals surface area contributed by atoms with Crippen LogP contribution in [0.4, 0.5) is 0 Å². The molecule has 0 aliphatic carbocycles. The summed E-state index contributed by atoms with van der Waals surface area (Å²) < 4.78 is 0. The van der Waals surface area contributed by atoms with E-state index >= 15 is 0 Å². The topological polar surface area (TPSA) is 83.6 Å². The molecule has 0 aliphatic rings. The number of aromatic nitrogens is 4. The van der Waals surface area contributed by atoms with Crippen molar-refractivity contribution in [1.29, 1.82) is 0 Å². The van der Waals surface area contributed by atoms with Crippen molar-refractivity contribution in [3.63, 3.8) is 0 Å². The third-order valence-electron chi connectivity index (χ3n) is 3.64. The van der Waals surface area contributed by atoms with Gasteiger partial charge in [0.15, 0.2) is 0 Å². The van der Waals surface area contributed by atoms with E-state index in [0.717, 1.165) is 15.6 Å². The molecule has 0 fully saturated rings. The van der Waals surface area contributed by atoms with Crippen LogP contribution in [-0.4, -0.2) is 26.1 Å². The van der Waals surface area contributed by atoms with Crippen LogP contribution in [0.25, 0.3) is 9.88 Å². The van der Waals surface area contributed by atoms with E-state index in [-0.39, 0.29) is 11.9 Å². The van der Waals surface area contributed by atoms with Crippen molar-refractivity contribution in [2.45, 2.75) is 32.2 Å². The van der Waals surface area contributed by atoms with Crippen LogP contribution in [0.15, 0.2) is 29.2 Å². The highest BCUT2D eigenvalue weighted by Crippen LogP contribution is 2.32. The van der Waals surface area contributed by atoms with Crippen LogP contribution >= 0.6 is 22.7 Å². The second kappa shape index (κ2) is 6.21. The van der Waals surface area contributed by atoms with Crippen LogP contribution in [0.2, 0.25) is 0 Å². The Bertz CT molecular complexity index is 777. The number of hydrogen-bond donors (Lipinski definition) is 2. The van der Waals surface area contributed by atoms with Gasteiger partial charge in [0.05, 0.1) is 22.0 Å². The first-order chi connectivity index (χ1) is 11.0. The van der Waals surface area contributed by atoms with Crippen LogP contribution in [0.5, 0.6) is 0 Å². The van der Waals surface area contributed by atoms with Crippen LogP contribution in [0.1, 0.15) is 38.3 Å². The van der Waals surface area contributed by atoms with Gasteiger partial charge in [-0.1, -0.05) is 6.07 Å². The lowest BCUT2D eigenvalue weighted by atomic mass is 9.88. The van der Waals surface area contributed by atoms with Gasteiger partial charge >= 0.3 is 0 Å². The minimum Gasteiger partial charge on any atom is -0.346 e. The van der Waals surface area contributed by atoms with Gasteiger partial charge in [0, 0.05) is 5.38 Å². The molecule has 3 aromatic heterocycles. The molecule has 3 heterocycles. The Kier molecular flexibility index (Phi) is 4.27. The SMILES string of the molecule is CC(NC(=O)C(C)(C)c1csc(-c2cccs2)n1)c1ncn[nH]1. The van der Waals surface area contributed by atoms with Crippen molar-refractivity contribution in [3.05, 3.63) is 40.7 Å². The summed E-state index contributed by atoms with van der Waals surface area (Å²) in [5.41, 5.74) is 0.0495. The molecular formula is C15H17N5OS2. The minimum atomic E-state index is -0.722. The number of hydrogen-bond acceptors (Lipinski definition) is 6. The van der Waals surface area contributed by atoms with Crippen molar-refractivity contribution in [3.8, 4) is 9.88 Å². The van der Waals surface area contributed by atoms with Crippen molar-refractivity contribution >= 4 is 28.6 Å². The smallest absolute Gasteiger partial charge is 0.232 e. The average molecular weight is 347 g/mol.